The molecule has 0 spiro atoms. The van der Waals surface area contributed by atoms with Crippen molar-refractivity contribution in [1.29, 1.82) is 0 Å². The second kappa shape index (κ2) is 8.15. The van der Waals surface area contributed by atoms with Crippen LogP contribution in [0, 0.1) is 0 Å². The molecule has 2 aromatic carbocycles. The number of benzene rings is 2. The predicted octanol–water partition coefficient (Wildman–Crippen LogP) is 4.99. The van der Waals surface area contributed by atoms with Gasteiger partial charge in [-0.1, -0.05) is 23.7 Å². The minimum absolute atomic E-state index is 0.546. The minimum Gasteiger partial charge on any atom is -0.490 e. The van der Waals surface area contributed by atoms with E-state index in [1.807, 2.05) is 49.4 Å². The summed E-state index contributed by atoms with van der Waals surface area (Å²) >= 11 is 9.35. The predicted molar refractivity (Wildman–Crippen MR) is 90.7 cm³/mol. The van der Waals surface area contributed by atoms with Gasteiger partial charge in [0.2, 0.25) is 0 Å². The van der Waals surface area contributed by atoms with Crippen LogP contribution in [0.5, 0.6) is 11.5 Å². The number of nitrogens with one attached hydrogen (secondary N) is 1. The molecule has 0 saturated heterocycles. The molecule has 0 amide bonds. The smallest absolute Gasteiger partial charge is 0.161 e. The molecule has 0 aliphatic heterocycles. The Morgan fingerprint density at radius 3 is 2.48 bits per heavy atom. The SMILES string of the molecule is CCOc1ccccc1OCCNc1ccc(Cl)c(Br)c1. The molecule has 0 atom stereocenters. The highest BCUT2D eigenvalue weighted by molar-refractivity contribution is 9.10. The zero-order chi connectivity index (χ0) is 15.1. The number of ether oxygens (including phenoxy) is 2. The zero-order valence-electron chi connectivity index (χ0n) is 11.7. The first kappa shape index (κ1) is 16.0. The van der Waals surface area contributed by atoms with E-state index in [0.717, 1.165) is 21.7 Å². The lowest BCUT2D eigenvalue weighted by Crippen LogP contribution is -2.12. The molecule has 0 heterocycles. The average Bonchev–Trinajstić information content (AvgIpc) is 2.49. The Hall–Kier alpha value is -1.39. The van der Waals surface area contributed by atoms with Gasteiger partial charge in [0.15, 0.2) is 11.5 Å². The largest absolute Gasteiger partial charge is 0.490 e. The van der Waals surface area contributed by atoms with Gasteiger partial charge in [-0.05, 0) is 53.2 Å². The molecule has 21 heavy (non-hydrogen) atoms. The average molecular weight is 371 g/mol. The molecule has 0 bridgehead atoms. The van der Waals surface area contributed by atoms with Crippen LogP contribution in [-0.2, 0) is 0 Å². The van der Waals surface area contributed by atoms with Crippen molar-refractivity contribution >= 4 is 33.2 Å². The summed E-state index contributed by atoms with van der Waals surface area (Å²) in [4.78, 5) is 0. The van der Waals surface area contributed by atoms with Gasteiger partial charge in [-0.3, -0.25) is 0 Å². The molecule has 3 nitrogen and oxygen atoms in total. The van der Waals surface area contributed by atoms with Crippen LogP contribution in [0.1, 0.15) is 6.92 Å². The summed E-state index contributed by atoms with van der Waals surface area (Å²) in [6, 6.07) is 13.4. The summed E-state index contributed by atoms with van der Waals surface area (Å²) < 4.78 is 12.1. The molecule has 5 heteroatoms. The molecule has 0 saturated carbocycles. The van der Waals surface area contributed by atoms with E-state index in [0.29, 0.717) is 24.8 Å². The molecule has 2 aromatic rings. The first-order valence-electron chi connectivity index (χ1n) is 6.74. The first-order chi connectivity index (χ1) is 10.2. The van der Waals surface area contributed by atoms with Crippen LogP contribution in [-0.4, -0.2) is 19.8 Å². The van der Waals surface area contributed by atoms with E-state index in [4.69, 9.17) is 21.1 Å². The Morgan fingerprint density at radius 1 is 1.10 bits per heavy atom. The van der Waals surface area contributed by atoms with Gasteiger partial charge in [-0.2, -0.15) is 0 Å². The molecule has 0 aromatic heterocycles. The fraction of sp³-hybridized carbons (Fsp3) is 0.250. The molecular weight excluding hydrogens is 354 g/mol. The van der Waals surface area contributed by atoms with Crippen LogP contribution >= 0.6 is 27.5 Å². The van der Waals surface area contributed by atoms with E-state index in [1.165, 1.54) is 0 Å². The van der Waals surface area contributed by atoms with Crippen molar-refractivity contribution in [2.75, 3.05) is 25.1 Å². The second-order valence-corrected chi connectivity index (χ2v) is 5.55. The normalized spacial score (nSPS) is 10.2. The third-order valence-corrected chi connectivity index (χ3v) is 3.97. The number of rotatable bonds is 7. The Kier molecular flexibility index (Phi) is 6.21. The minimum atomic E-state index is 0.546. The number of halogens is 2. The topological polar surface area (TPSA) is 30.5 Å². The monoisotopic (exact) mass is 369 g/mol. The van der Waals surface area contributed by atoms with Gasteiger partial charge < -0.3 is 14.8 Å². The highest BCUT2D eigenvalue weighted by Crippen LogP contribution is 2.27. The van der Waals surface area contributed by atoms with Crippen molar-refractivity contribution in [3.05, 3.63) is 52.0 Å². The van der Waals surface area contributed by atoms with Gasteiger partial charge in [0.25, 0.3) is 0 Å². The van der Waals surface area contributed by atoms with Crippen LogP contribution in [0.4, 0.5) is 5.69 Å². The van der Waals surface area contributed by atoms with Gasteiger partial charge in [-0.25, -0.2) is 0 Å². The van der Waals surface area contributed by atoms with Gasteiger partial charge in [0.1, 0.15) is 6.61 Å². The Balaban J connectivity index is 1.83. The van der Waals surface area contributed by atoms with E-state index in [2.05, 4.69) is 21.2 Å². The van der Waals surface area contributed by atoms with Crippen molar-refractivity contribution in [1.82, 2.24) is 0 Å². The maximum absolute atomic E-state index is 5.96. The molecule has 112 valence electrons. The van der Waals surface area contributed by atoms with Crippen LogP contribution in [0.15, 0.2) is 46.9 Å². The highest BCUT2D eigenvalue weighted by atomic mass is 79.9. The maximum atomic E-state index is 5.96. The molecule has 2 rings (SSSR count). The van der Waals surface area contributed by atoms with Gasteiger partial charge in [-0.15, -0.1) is 0 Å². The van der Waals surface area contributed by atoms with Crippen LogP contribution in [0.25, 0.3) is 0 Å². The Labute approximate surface area is 138 Å². The quantitative estimate of drug-likeness (QED) is 0.696. The summed E-state index contributed by atoms with van der Waals surface area (Å²) in [5.41, 5.74) is 0.993. The lowest BCUT2D eigenvalue weighted by Gasteiger charge is -2.12. The van der Waals surface area contributed by atoms with E-state index >= 15 is 0 Å². The maximum Gasteiger partial charge on any atom is 0.161 e. The van der Waals surface area contributed by atoms with Gasteiger partial charge in [0, 0.05) is 16.7 Å². The van der Waals surface area contributed by atoms with Crippen molar-refractivity contribution in [2.24, 2.45) is 0 Å². The Bertz CT molecular complexity index is 592. The van der Waals surface area contributed by atoms with Crippen molar-refractivity contribution in [3.8, 4) is 11.5 Å². The van der Waals surface area contributed by atoms with Gasteiger partial charge in [0.05, 0.1) is 11.6 Å². The standard InChI is InChI=1S/C16H17BrClNO2/c1-2-20-15-5-3-4-6-16(15)21-10-9-19-12-7-8-14(18)13(17)11-12/h3-8,11,19H,2,9-10H2,1H3. The van der Waals surface area contributed by atoms with Crippen molar-refractivity contribution in [2.45, 2.75) is 6.92 Å². The van der Waals surface area contributed by atoms with E-state index in [-0.39, 0.29) is 0 Å². The number of para-hydroxylation sites is 2. The van der Waals surface area contributed by atoms with Gasteiger partial charge >= 0.3 is 0 Å². The van der Waals surface area contributed by atoms with Crippen LogP contribution < -0.4 is 14.8 Å². The van der Waals surface area contributed by atoms with Crippen LogP contribution in [0.3, 0.4) is 0 Å². The molecular formula is C16H17BrClNO2. The molecule has 0 radical (unpaired) electrons. The fourth-order valence-corrected chi connectivity index (χ4v) is 2.30. The molecule has 0 aliphatic rings. The lowest BCUT2D eigenvalue weighted by molar-refractivity contribution is 0.284. The molecule has 0 fully saturated rings. The summed E-state index contributed by atoms with van der Waals surface area (Å²) in [5, 5.41) is 3.98. The van der Waals surface area contributed by atoms with E-state index < -0.39 is 0 Å². The summed E-state index contributed by atoms with van der Waals surface area (Å²) in [6.07, 6.45) is 0. The third kappa shape index (κ3) is 4.83. The first-order valence-corrected chi connectivity index (χ1v) is 7.91. The van der Waals surface area contributed by atoms with E-state index in [9.17, 15) is 0 Å². The summed E-state index contributed by atoms with van der Waals surface area (Å²) in [6.45, 7) is 3.81. The fourth-order valence-electron chi connectivity index (χ4n) is 1.81. The number of anilines is 1. The number of hydrogen-bond acceptors (Lipinski definition) is 3. The van der Waals surface area contributed by atoms with Crippen LogP contribution in [0.2, 0.25) is 5.02 Å². The zero-order valence-corrected chi connectivity index (χ0v) is 14.1. The second-order valence-electron chi connectivity index (χ2n) is 4.28. The number of hydrogen-bond donors (Lipinski definition) is 1. The summed E-state index contributed by atoms with van der Waals surface area (Å²) in [5.74, 6) is 1.53. The molecule has 0 aliphatic carbocycles. The lowest BCUT2D eigenvalue weighted by atomic mass is 10.3. The molecule has 0 unspecified atom stereocenters. The highest BCUT2D eigenvalue weighted by Gasteiger charge is 2.03. The van der Waals surface area contributed by atoms with E-state index in [1.54, 1.807) is 0 Å². The Morgan fingerprint density at radius 2 is 1.81 bits per heavy atom. The third-order valence-electron chi connectivity index (χ3n) is 2.76. The van der Waals surface area contributed by atoms with Crippen molar-refractivity contribution < 1.29 is 9.47 Å². The molecule has 1 N–H and O–H groups in total. The van der Waals surface area contributed by atoms with Crippen molar-refractivity contribution in [3.63, 3.8) is 0 Å². The summed E-state index contributed by atoms with van der Waals surface area (Å²) in [7, 11) is 0.